The van der Waals surface area contributed by atoms with E-state index in [0.717, 1.165) is 0 Å². The molecule has 1 rings (SSSR count). The van der Waals surface area contributed by atoms with Crippen LogP contribution in [0.1, 0.15) is 17.3 Å². The van der Waals surface area contributed by atoms with Crippen molar-refractivity contribution in [2.75, 3.05) is 0 Å². The van der Waals surface area contributed by atoms with Crippen LogP contribution < -0.4 is 5.73 Å². The van der Waals surface area contributed by atoms with Gasteiger partial charge in [0.25, 0.3) is 0 Å². The van der Waals surface area contributed by atoms with Gasteiger partial charge in [0.2, 0.25) is 0 Å². The third-order valence-electron chi connectivity index (χ3n) is 1.42. The summed E-state index contributed by atoms with van der Waals surface area (Å²) in [5.74, 6) is -0.0457. The van der Waals surface area contributed by atoms with Gasteiger partial charge in [-0.15, -0.1) is 0 Å². The summed E-state index contributed by atoms with van der Waals surface area (Å²) in [5.41, 5.74) is 6.57. The molecule has 0 unspecified atom stereocenters. The van der Waals surface area contributed by atoms with Crippen LogP contribution >= 0.6 is 0 Å². The number of nitrogens with two attached hydrogens (primary N) is 1. The minimum Gasteiger partial charge on any atom is -0.402 e. The predicted molar refractivity (Wildman–Crippen MR) is 48.7 cm³/mol. The van der Waals surface area contributed by atoms with Gasteiger partial charge in [-0.3, -0.25) is 4.79 Å². The van der Waals surface area contributed by atoms with Crippen molar-refractivity contribution in [2.24, 2.45) is 5.73 Å². The number of carbonyl (C=O) groups is 1. The number of hydrogen-bond acceptors (Lipinski definition) is 2. The van der Waals surface area contributed by atoms with Gasteiger partial charge in [0.05, 0.1) is 0 Å². The molecule has 0 bridgehead atoms. The summed E-state index contributed by atoms with van der Waals surface area (Å²) in [7, 11) is 0. The molecule has 2 heteroatoms. The number of benzene rings is 1. The van der Waals surface area contributed by atoms with Crippen molar-refractivity contribution in [3.8, 4) is 0 Å². The molecule has 0 aliphatic heterocycles. The molecule has 2 nitrogen and oxygen atoms in total. The minimum atomic E-state index is -0.0457. The Morgan fingerprint density at radius 1 is 1.33 bits per heavy atom. The lowest BCUT2D eigenvalue weighted by atomic mass is 10.1. The Balaban J connectivity index is 2.87. The number of hydrogen-bond donors (Lipinski definition) is 1. The molecule has 62 valence electrons. The predicted octanol–water partition coefficient (Wildman–Crippen LogP) is 1.73. The number of carbonyl (C=O) groups excluding carboxylic acids is 1. The first-order chi connectivity index (χ1) is 5.70. The quantitative estimate of drug-likeness (QED) is 0.530. The van der Waals surface area contributed by atoms with E-state index in [0.29, 0.717) is 11.3 Å². The van der Waals surface area contributed by atoms with Crippen LogP contribution in [0.25, 0.3) is 0 Å². The van der Waals surface area contributed by atoms with Crippen LogP contribution in [0.15, 0.2) is 42.1 Å². The first-order valence-corrected chi connectivity index (χ1v) is 3.73. The van der Waals surface area contributed by atoms with Crippen molar-refractivity contribution in [2.45, 2.75) is 6.92 Å². The van der Waals surface area contributed by atoms with Crippen molar-refractivity contribution in [3.05, 3.63) is 47.7 Å². The van der Waals surface area contributed by atoms with Crippen LogP contribution in [0.4, 0.5) is 0 Å². The minimum absolute atomic E-state index is 0.0457. The Kier molecular flexibility index (Phi) is 2.64. The molecule has 0 radical (unpaired) electrons. The van der Waals surface area contributed by atoms with Crippen molar-refractivity contribution in [3.63, 3.8) is 0 Å². The van der Waals surface area contributed by atoms with E-state index in [1.54, 1.807) is 19.1 Å². The van der Waals surface area contributed by atoms with Crippen molar-refractivity contribution >= 4 is 5.78 Å². The van der Waals surface area contributed by atoms with Crippen molar-refractivity contribution in [1.29, 1.82) is 0 Å². The highest BCUT2D eigenvalue weighted by atomic mass is 16.1. The zero-order chi connectivity index (χ0) is 8.97. The number of allylic oxidation sites excluding steroid dienone is 2. The van der Waals surface area contributed by atoms with E-state index in [1.165, 1.54) is 6.08 Å². The fraction of sp³-hybridized carbons (Fsp3) is 0.100. The summed E-state index contributed by atoms with van der Waals surface area (Å²) in [5, 5.41) is 0. The van der Waals surface area contributed by atoms with Crippen LogP contribution in [0.2, 0.25) is 0 Å². The van der Waals surface area contributed by atoms with E-state index in [9.17, 15) is 4.79 Å². The second kappa shape index (κ2) is 3.72. The fourth-order valence-electron chi connectivity index (χ4n) is 0.893. The van der Waals surface area contributed by atoms with Gasteiger partial charge < -0.3 is 5.73 Å². The number of rotatable bonds is 2. The molecule has 0 atom stereocenters. The first kappa shape index (κ1) is 8.53. The van der Waals surface area contributed by atoms with Gasteiger partial charge in [-0.05, 0) is 6.92 Å². The molecule has 0 aromatic heterocycles. The Morgan fingerprint density at radius 3 is 2.42 bits per heavy atom. The molecule has 0 fully saturated rings. The maximum atomic E-state index is 11.3. The van der Waals surface area contributed by atoms with Gasteiger partial charge in [0.1, 0.15) is 0 Å². The molecule has 1 aromatic rings. The molecule has 0 saturated heterocycles. The van der Waals surface area contributed by atoms with E-state index in [-0.39, 0.29) is 5.78 Å². The lowest BCUT2D eigenvalue weighted by Crippen LogP contribution is -1.99. The Bertz CT molecular complexity index is 297. The third-order valence-corrected chi connectivity index (χ3v) is 1.42. The van der Waals surface area contributed by atoms with E-state index in [1.807, 2.05) is 18.2 Å². The lowest BCUT2D eigenvalue weighted by Gasteiger charge is -1.94. The van der Waals surface area contributed by atoms with Crippen molar-refractivity contribution in [1.82, 2.24) is 0 Å². The van der Waals surface area contributed by atoms with Crippen LogP contribution in [-0.4, -0.2) is 5.78 Å². The zero-order valence-corrected chi connectivity index (χ0v) is 6.95. The lowest BCUT2D eigenvalue weighted by molar-refractivity contribution is 0.104. The summed E-state index contributed by atoms with van der Waals surface area (Å²) in [6.45, 7) is 1.70. The molecule has 2 N–H and O–H groups in total. The van der Waals surface area contributed by atoms with Gasteiger partial charge in [0.15, 0.2) is 5.78 Å². The van der Waals surface area contributed by atoms with E-state index < -0.39 is 0 Å². The Labute approximate surface area is 71.7 Å². The van der Waals surface area contributed by atoms with Crippen LogP contribution in [-0.2, 0) is 0 Å². The van der Waals surface area contributed by atoms with E-state index in [2.05, 4.69) is 0 Å². The van der Waals surface area contributed by atoms with Crippen LogP contribution in [0.5, 0.6) is 0 Å². The fourth-order valence-corrected chi connectivity index (χ4v) is 0.893. The molecular formula is C10H11NO. The largest absolute Gasteiger partial charge is 0.402 e. The molecule has 0 spiro atoms. The van der Waals surface area contributed by atoms with Gasteiger partial charge in [-0.2, -0.15) is 0 Å². The van der Waals surface area contributed by atoms with Crippen molar-refractivity contribution < 1.29 is 4.79 Å². The molecule has 0 aliphatic rings. The molecule has 12 heavy (non-hydrogen) atoms. The molecule has 1 aromatic carbocycles. The summed E-state index contributed by atoms with van der Waals surface area (Å²) < 4.78 is 0. The molecule has 0 heterocycles. The summed E-state index contributed by atoms with van der Waals surface area (Å²) >= 11 is 0. The number of ketones is 1. The average Bonchev–Trinajstić information content (AvgIpc) is 2.05. The topological polar surface area (TPSA) is 43.1 Å². The molecule has 0 aliphatic carbocycles. The highest BCUT2D eigenvalue weighted by Gasteiger charge is 1.99. The first-order valence-electron chi connectivity index (χ1n) is 3.73. The smallest absolute Gasteiger partial charge is 0.187 e. The van der Waals surface area contributed by atoms with Gasteiger partial charge in [-0.1, -0.05) is 30.3 Å². The molecule has 0 saturated carbocycles. The Hall–Kier alpha value is -1.57. The second-order valence-corrected chi connectivity index (χ2v) is 2.62. The highest BCUT2D eigenvalue weighted by Crippen LogP contribution is 2.01. The summed E-state index contributed by atoms with van der Waals surface area (Å²) in [4.78, 5) is 11.3. The average molecular weight is 161 g/mol. The zero-order valence-electron chi connectivity index (χ0n) is 6.95. The SMILES string of the molecule is C/C(N)=C/C(=O)c1ccccc1. The van der Waals surface area contributed by atoms with E-state index >= 15 is 0 Å². The highest BCUT2D eigenvalue weighted by molar-refractivity contribution is 6.04. The van der Waals surface area contributed by atoms with E-state index in [4.69, 9.17) is 5.73 Å². The summed E-state index contributed by atoms with van der Waals surface area (Å²) in [6, 6.07) is 9.05. The third kappa shape index (κ3) is 2.23. The van der Waals surface area contributed by atoms with Gasteiger partial charge in [-0.25, -0.2) is 0 Å². The van der Waals surface area contributed by atoms with Gasteiger partial charge >= 0.3 is 0 Å². The van der Waals surface area contributed by atoms with Crippen LogP contribution in [0.3, 0.4) is 0 Å². The maximum absolute atomic E-state index is 11.3. The second-order valence-electron chi connectivity index (χ2n) is 2.62. The summed E-state index contributed by atoms with van der Waals surface area (Å²) in [6.07, 6.45) is 1.43. The van der Waals surface area contributed by atoms with Crippen LogP contribution in [0, 0.1) is 0 Å². The normalized spacial score (nSPS) is 11.2. The standard InChI is InChI=1S/C10H11NO/c1-8(11)7-10(12)9-5-3-2-4-6-9/h2-7H,11H2,1H3/b8-7-. The maximum Gasteiger partial charge on any atom is 0.187 e. The molecule has 0 amide bonds. The van der Waals surface area contributed by atoms with Gasteiger partial charge in [0, 0.05) is 17.3 Å². The monoisotopic (exact) mass is 161 g/mol. The molecular weight excluding hydrogens is 150 g/mol. The Morgan fingerprint density at radius 2 is 1.92 bits per heavy atom.